The number of rotatable bonds is 7. The molecule has 9 nitrogen and oxygen atoms in total. The summed E-state index contributed by atoms with van der Waals surface area (Å²) in [5.74, 6) is -0.736. The number of carbonyl (C=O) groups is 1. The Bertz CT molecular complexity index is 434. The summed E-state index contributed by atoms with van der Waals surface area (Å²) in [5, 5.41) is 49.3. The van der Waals surface area contributed by atoms with Gasteiger partial charge in [-0.3, -0.25) is 4.79 Å². The van der Waals surface area contributed by atoms with Gasteiger partial charge in [0.25, 0.3) is 5.91 Å². The van der Waals surface area contributed by atoms with E-state index in [-0.39, 0.29) is 0 Å². The third-order valence-electron chi connectivity index (χ3n) is 2.43. The van der Waals surface area contributed by atoms with Crippen molar-refractivity contribution in [2.75, 3.05) is 6.61 Å². The van der Waals surface area contributed by atoms with E-state index < -0.39 is 36.9 Å². The van der Waals surface area contributed by atoms with Gasteiger partial charge in [0.15, 0.2) is 6.10 Å². The Morgan fingerprint density at radius 3 is 2.60 bits per heavy atom. The molecule has 1 rings (SSSR count). The molecule has 1 heterocycles. The number of carbonyl (C=O) groups excluding carboxylic acids is 1. The molecule has 0 radical (unpaired) electrons. The summed E-state index contributed by atoms with van der Waals surface area (Å²) in [6.07, 6.45) is -5.01. The monoisotopic (exact) mass is 288 g/mol. The molecule has 0 aliphatic heterocycles. The van der Waals surface area contributed by atoms with E-state index >= 15 is 0 Å². The summed E-state index contributed by atoms with van der Waals surface area (Å²) in [5.41, 5.74) is 1.92. The number of nitrogens with zero attached hydrogens (tertiary/aromatic N) is 1. The summed E-state index contributed by atoms with van der Waals surface area (Å²) in [6, 6.07) is 3.18. The Morgan fingerprint density at radius 2 is 2.05 bits per heavy atom. The Kier molecular flexibility index (Phi) is 6.28. The van der Waals surface area contributed by atoms with Crippen molar-refractivity contribution in [1.82, 2.24) is 5.43 Å². The van der Waals surface area contributed by atoms with Crippen LogP contribution in [0, 0.1) is 0 Å². The van der Waals surface area contributed by atoms with Crippen molar-refractivity contribution < 1.29 is 34.7 Å². The summed E-state index contributed by atoms with van der Waals surface area (Å²) in [4.78, 5) is 11.4. The number of furan rings is 1. The van der Waals surface area contributed by atoms with Crippen molar-refractivity contribution >= 4 is 12.1 Å². The first kappa shape index (κ1) is 16.3. The number of aliphatic hydroxyl groups excluding tert-OH is 5. The molecule has 20 heavy (non-hydrogen) atoms. The highest BCUT2D eigenvalue weighted by atomic mass is 16.4. The van der Waals surface area contributed by atoms with Gasteiger partial charge in [0.05, 0.1) is 19.1 Å². The lowest BCUT2D eigenvalue weighted by Crippen LogP contribution is -2.50. The van der Waals surface area contributed by atoms with Gasteiger partial charge in [-0.15, -0.1) is 0 Å². The molecule has 1 aromatic heterocycles. The topological polar surface area (TPSA) is 156 Å². The van der Waals surface area contributed by atoms with Crippen LogP contribution in [0.4, 0.5) is 0 Å². The fourth-order valence-corrected chi connectivity index (χ4v) is 1.27. The number of aliphatic hydroxyl groups is 5. The molecule has 1 aromatic rings. The molecule has 0 aliphatic rings. The van der Waals surface area contributed by atoms with E-state index in [9.17, 15) is 20.1 Å². The zero-order chi connectivity index (χ0) is 15.1. The number of hydrogen-bond donors (Lipinski definition) is 6. The summed E-state index contributed by atoms with van der Waals surface area (Å²) >= 11 is 0. The number of hydrazone groups is 1. The first-order valence-corrected chi connectivity index (χ1v) is 5.67. The second-order valence-corrected chi connectivity index (χ2v) is 3.93. The van der Waals surface area contributed by atoms with Crippen LogP contribution in [0.3, 0.4) is 0 Å². The second-order valence-electron chi connectivity index (χ2n) is 3.93. The van der Waals surface area contributed by atoms with Crippen molar-refractivity contribution in [2.24, 2.45) is 5.10 Å². The first-order valence-electron chi connectivity index (χ1n) is 5.67. The first-order chi connectivity index (χ1) is 9.47. The van der Waals surface area contributed by atoms with Crippen LogP contribution in [0.1, 0.15) is 5.76 Å². The molecule has 112 valence electrons. The van der Waals surface area contributed by atoms with Crippen molar-refractivity contribution in [3.8, 4) is 0 Å². The average molecular weight is 288 g/mol. The molecule has 0 spiro atoms. The van der Waals surface area contributed by atoms with E-state index in [1.165, 1.54) is 6.26 Å². The van der Waals surface area contributed by atoms with Crippen LogP contribution in [0.25, 0.3) is 0 Å². The van der Waals surface area contributed by atoms with Crippen molar-refractivity contribution in [1.29, 1.82) is 0 Å². The third kappa shape index (κ3) is 4.40. The highest BCUT2D eigenvalue weighted by Crippen LogP contribution is 2.05. The number of amides is 1. The van der Waals surface area contributed by atoms with Crippen LogP contribution < -0.4 is 5.43 Å². The van der Waals surface area contributed by atoms with Gasteiger partial charge in [0.2, 0.25) is 0 Å². The molecule has 0 fully saturated rings. The van der Waals surface area contributed by atoms with Crippen LogP contribution in [0.15, 0.2) is 27.9 Å². The predicted octanol–water partition coefficient (Wildman–Crippen LogP) is -2.83. The predicted molar refractivity (Wildman–Crippen MR) is 65.6 cm³/mol. The largest absolute Gasteiger partial charge is 0.463 e. The van der Waals surface area contributed by atoms with Crippen LogP contribution in [0.5, 0.6) is 0 Å². The lowest BCUT2D eigenvalue weighted by atomic mass is 10.0. The number of hydrogen-bond acceptors (Lipinski definition) is 8. The molecule has 6 N–H and O–H groups in total. The maximum absolute atomic E-state index is 11.4. The normalized spacial score (nSPS) is 17.6. The minimum atomic E-state index is -2.03. The van der Waals surface area contributed by atoms with E-state index in [4.69, 9.17) is 14.6 Å². The van der Waals surface area contributed by atoms with Crippen molar-refractivity contribution in [3.05, 3.63) is 24.2 Å². The Hall–Kier alpha value is -1.78. The second kappa shape index (κ2) is 7.72. The Balaban J connectivity index is 2.49. The average Bonchev–Trinajstić information content (AvgIpc) is 2.97. The van der Waals surface area contributed by atoms with Crippen molar-refractivity contribution in [3.63, 3.8) is 0 Å². The van der Waals surface area contributed by atoms with Gasteiger partial charge in [0, 0.05) is 0 Å². The van der Waals surface area contributed by atoms with Gasteiger partial charge in [0.1, 0.15) is 24.1 Å². The van der Waals surface area contributed by atoms with Crippen molar-refractivity contribution in [2.45, 2.75) is 24.4 Å². The van der Waals surface area contributed by atoms with Gasteiger partial charge in [-0.25, -0.2) is 5.43 Å². The van der Waals surface area contributed by atoms with Crippen LogP contribution >= 0.6 is 0 Å². The van der Waals surface area contributed by atoms with E-state index in [2.05, 4.69) is 5.10 Å². The Morgan fingerprint density at radius 1 is 1.35 bits per heavy atom. The summed E-state index contributed by atoms with van der Waals surface area (Å²) in [7, 11) is 0. The van der Waals surface area contributed by atoms with Gasteiger partial charge in [-0.1, -0.05) is 0 Å². The molecule has 4 atom stereocenters. The van der Waals surface area contributed by atoms with E-state index in [0.717, 1.165) is 6.21 Å². The molecule has 9 heteroatoms. The molecule has 0 saturated carbocycles. The highest BCUT2D eigenvalue weighted by Gasteiger charge is 2.34. The standard InChI is InChI=1S/C11H16N2O7/c14-5-7(15)8(16)9(17)10(18)11(19)13-12-4-6-2-1-3-20-6/h1-4,7-10,14-18H,5H2,(H,13,19)/b12-4-/t7-,8-,9-,10+/m1/s1. The smallest absolute Gasteiger partial charge is 0.271 e. The molecule has 0 aromatic carbocycles. The van der Waals surface area contributed by atoms with Crippen LogP contribution in [-0.4, -0.2) is 68.7 Å². The lowest BCUT2D eigenvalue weighted by Gasteiger charge is -2.24. The van der Waals surface area contributed by atoms with E-state index in [0.29, 0.717) is 5.76 Å². The number of nitrogens with one attached hydrogen (secondary N) is 1. The maximum Gasteiger partial charge on any atom is 0.271 e. The summed E-state index contributed by atoms with van der Waals surface area (Å²) in [6.45, 7) is -0.830. The molecule has 0 saturated heterocycles. The zero-order valence-corrected chi connectivity index (χ0v) is 10.3. The minimum absolute atomic E-state index is 0.357. The zero-order valence-electron chi connectivity index (χ0n) is 10.3. The quantitative estimate of drug-likeness (QED) is 0.233. The SMILES string of the molecule is O=C(N/N=C\c1ccco1)[C@@H](O)[C@H](O)[C@H](O)[C@H](O)CO. The molecule has 0 bridgehead atoms. The van der Waals surface area contributed by atoms with Gasteiger partial charge >= 0.3 is 0 Å². The van der Waals surface area contributed by atoms with Gasteiger partial charge in [-0.05, 0) is 12.1 Å². The van der Waals surface area contributed by atoms with Gasteiger partial charge in [-0.2, -0.15) is 5.10 Å². The molecule has 0 unspecified atom stereocenters. The lowest BCUT2D eigenvalue weighted by molar-refractivity contribution is -0.148. The fraction of sp³-hybridized carbons (Fsp3) is 0.455. The third-order valence-corrected chi connectivity index (χ3v) is 2.43. The fourth-order valence-electron chi connectivity index (χ4n) is 1.27. The molecular weight excluding hydrogens is 272 g/mol. The highest BCUT2D eigenvalue weighted by molar-refractivity contribution is 5.83. The Labute approximate surface area is 113 Å². The molecular formula is C11H16N2O7. The maximum atomic E-state index is 11.4. The summed E-state index contributed by atoms with van der Waals surface area (Å²) < 4.78 is 4.89. The van der Waals surface area contributed by atoms with Crippen LogP contribution in [0.2, 0.25) is 0 Å². The van der Waals surface area contributed by atoms with E-state index in [1.807, 2.05) is 5.43 Å². The van der Waals surface area contributed by atoms with E-state index in [1.54, 1.807) is 12.1 Å². The van der Waals surface area contributed by atoms with Gasteiger partial charge < -0.3 is 29.9 Å². The van der Waals surface area contributed by atoms with Crippen LogP contribution in [-0.2, 0) is 4.79 Å². The molecule has 1 amide bonds. The molecule has 0 aliphatic carbocycles. The minimum Gasteiger partial charge on any atom is -0.463 e.